The summed E-state index contributed by atoms with van der Waals surface area (Å²) >= 11 is 0. The molecule has 2 rings (SSSR count). The summed E-state index contributed by atoms with van der Waals surface area (Å²) in [6.45, 7) is 5.31. The highest BCUT2D eigenvalue weighted by Crippen LogP contribution is 2.21. The number of aromatic nitrogens is 1. The van der Waals surface area contributed by atoms with Crippen LogP contribution in [0.2, 0.25) is 0 Å². The lowest BCUT2D eigenvalue weighted by Crippen LogP contribution is -2.38. The Bertz CT molecular complexity index is 621. The SMILES string of the molecule is CC(C)Oc1cccnc1C(=O)NCC(C)(O)c1ccco1. The van der Waals surface area contributed by atoms with E-state index in [9.17, 15) is 9.90 Å². The van der Waals surface area contributed by atoms with Crippen molar-refractivity contribution in [3.05, 3.63) is 48.2 Å². The van der Waals surface area contributed by atoms with E-state index in [1.807, 2.05) is 13.8 Å². The van der Waals surface area contributed by atoms with Crippen molar-refractivity contribution in [2.45, 2.75) is 32.5 Å². The smallest absolute Gasteiger partial charge is 0.273 e. The summed E-state index contributed by atoms with van der Waals surface area (Å²) in [5.74, 6) is 0.378. The maximum absolute atomic E-state index is 12.3. The van der Waals surface area contributed by atoms with Crippen molar-refractivity contribution in [1.29, 1.82) is 0 Å². The number of hydrogen-bond acceptors (Lipinski definition) is 5. The predicted octanol–water partition coefficient (Wildman–Crippen LogP) is 2.10. The lowest BCUT2D eigenvalue weighted by Gasteiger charge is -2.21. The maximum Gasteiger partial charge on any atom is 0.273 e. The second-order valence-corrected chi connectivity index (χ2v) is 5.45. The number of aliphatic hydroxyl groups is 1. The van der Waals surface area contributed by atoms with E-state index in [0.29, 0.717) is 11.5 Å². The second kappa shape index (κ2) is 6.62. The minimum atomic E-state index is -1.30. The van der Waals surface area contributed by atoms with Crippen molar-refractivity contribution in [1.82, 2.24) is 10.3 Å². The van der Waals surface area contributed by atoms with E-state index in [0.717, 1.165) is 0 Å². The molecule has 0 radical (unpaired) electrons. The first-order valence-corrected chi connectivity index (χ1v) is 7.06. The fraction of sp³-hybridized carbons (Fsp3) is 0.375. The van der Waals surface area contributed by atoms with Gasteiger partial charge in [-0.3, -0.25) is 4.79 Å². The maximum atomic E-state index is 12.3. The summed E-state index contributed by atoms with van der Waals surface area (Å²) < 4.78 is 10.7. The van der Waals surface area contributed by atoms with Crippen molar-refractivity contribution in [3.63, 3.8) is 0 Å². The second-order valence-electron chi connectivity index (χ2n) is 5.45. The number of carbonyl (C=O) groups excluding carboxylic acids is 1. The Balaban J connectivity index is 2.07. The molecule has 118 valence electrons. The molecule has 0 aliphatic carbocycles. The van der Waals surface area contributed by atoms with Gasteiger partial charge in [0, 0.05) is 6.20 Å². The van der Waals surface area contributed by atoms with Crippen LogP contribution in [-0.4, -0.2) is 28.6 Å². The zero-order chi connectivity index (χ0) is 16.2. The van der Waals surface area contributed by atoms with E-state index in [1.54, 1.807) is 31.2 Å². The van der Waals surface area contributed by atoms with Crippen LogP contribution in [0.4, 0.5) is 0 Å². The molecule has 0 bridgehead atoms. The molecule has 1 amide bonds. The molecular formula is C16H20N2O4. The van der Waals surface area contributed by atoms with E-state index in [4.69, 9.17) is 9.15 Å². The molecule has 6 nitrogen and oxygen atoms in total. The van der Waals surface area contributed by atoms with Gasteiger partial charge in [0.15, 0.2) is 11.4 Å². The monoisotopic (exact) mass is 304 g/mol. The van der Waals surface area contributed by atoms with Gasteiger partial charge < -0.3 is 19.6 Å². The van der Waals surface area contributed by atoms with Gasteiger partial charge in [0.05, 0.1) is 18.9 Å². The molecule has 1 unspecified atom stereocenters. The summed E-state index contributed by atoms with van der Waals surface area (Å²) in [5.41, 5.74) is -1.11. The van der Waals surface area contributed by atoms with Gasteiger partial charge in [-0.15, -0.1) is 0 Å². The van der Waals surface area contributed by atoms with Gasteiger partial charge in [-0.05, 0) is 45.0 Å². The van der Waals surface area contributed by atoms with E-state index in [1.165, 1.54) is 12.5 Å². The van der Waals surface area contributed by atoms with Crippen LogP contribution in [0.1, 0.15) is 37.0 Å². The zero-order valence-corrected chi connectivity index (χ0v) is 12.9. The Morgan fingerprint density at radius 2 is 2.23 bits per heavy atom. The highest BCUT2D eigenvalue weighted by molar-refractivity contribution is 5.94. The average molecular weight is 304 g/mol. The molecule has 2 heterocycles. The Kier molecular flexibility index (Phi) is 4.82. The number of amides is 1. The summed E-state index contributed by atoms with van der Waals surface area (Å²) in [7, 11) is 0. The summed E-state index contributed by atoms with van der Waals surface area (Å²) in [6.07, 6.45) is 2.92. The Morgan fingerprint density at radius 3 is 2.86 bits per heavy atom. The van der Waals surface area contributed by atoms with E-state index in [2.05, 4.69) is 10.3 Å². The Morgan fingerprint density at radius 1 is 1.45 bits per heavy atom. The number of ether oxygens (including phenoxy) is 1. The van der Waals surface area contributed by atoms with Crippen molar-refractivity contribution < 1.29 is 19.1 Å². The molecule has 6 heteroatoms. The lowest BCUT2D eigenvalue weighted by molar-refractivity contribution is 0.0328. The first kappa shape index (κ1) is 16.0. The minimum Gasteiger partial charge on any atom is -0.489 e. The lowest BCUT2D eigenvalue weighted by atomic mass is 10.0. The fourth-order valence-electron chi connectivity index (χ4n) is 1.92. The molecule has 22 heavy (non-hydrogen) atoms. The molecule has 0 saturated heterocycles. The third-order valence-electron chi connectivity index (χ3n) is 2.99. The standard InChI is InChI=1S/C16H20N2O4/c1-11(2)22-12-6-4-8-17-14(12)15(19)18-10-16(3,20)13-7-5-9-21-13/h4-9,11,20H,10H2,1-3H3,(H,18,19). The van der Waals surface area contributed by atoms with Crippen LogP contribution in [0.15, 0.2) is 41.1 Å². The number of hydrogen-bond donors (Lipinski definition) is 2. The zero-order valence-electron chi connectivity index (χ0n) is 12.9. The van der Waals surface area contributed by atoms with Crippen LogP contribution in [-0.2, 0) is 5.60 Å². The molecule has 0 saturated carbocycles. The fourth-order valence-corrected chi connectivity index (χ4v) is 1.92. The largest absolute Gasteiger partial charge is 0.489 e. The van der Waals surface area contributed by atoms with Crippen LogP contribution >= 0.6 is 0 Å². The number of carbonyl (C=O) groups is 1. The third kappa shape index (κ3) is 3.85. The van der Waals surface area contributed by atoms with E-state index < -0.39 is 11.5 Å². The summed E-state index contributed by atoms with van der Waals surface area (Å²) in [6, 6.07) is 6.72. The molecule has 1 atom stereocenters. The first-order valence-electron chi connectivity index (χ1n) is 7.06. The van der Waals surface area contributed by atoms with Gasteiger partial charge in [-0.1, -0.05) is 0 Å². The predicted molar refractivity (Wildman–Crippen MR) is 80.6 cm³/mol. The molecule has 2 N–H and O–H groups in total. The van der Waals surface area contributed by atoms with Crippen molar-refractivity contribution in [3.8, 4) is 5.75 Å². The average Bonchev–Trinajstić information content (AvgIpc) is 3.00. The van der Waals surface area contributed by atoms with E-state index in [-0.39, 0.29) is 18.3 Å². The molecule has 2 aromatic rings. The van der Waals surface area contributed by atoms with Crippen LogP contribution in [0.5, 0.6) is 5.75 Å². The van der Waals surface area contributed by atoms with Crippen LogP contribution in [0.25, 0.3) is 0 Å². The van der Waals surface area contributed by atoms with Gasteiger partial charge in [0.1, 0.15) is 11.4 Å². The molecule has 0 aliphatic rings. The van der Waals surface area contributed by atoms with Gasteiger partial charge in [-0.2, -0.15) is 0 Å². The highest BCUT2D eigenvalue weighted by atomic mass is 16.5. The first-order chi connectivity index (χ1) is 10.4. The van der Waals surface area contributed by atoms with Crippen LogP contribution < -0.4 is 10.1 Å². The van der Waals surface area contributed by atoms with Crippen molar-refractivity contribution in [2.24, 2.45) is 0 Å². The third-order valence-corrected chi connectivity index (χ3v) is 2.99. The Hall–Kier alpha value is -2.34. The summed E-state index contributed by atoms with van der Waals surface area (Å²) in [4.78, 5) is 16.3. The highest BCUT2D eigenvalue weighted by Gasteiger charge is 2.27. The van der Waals surface area contributed by atoms with Gasteiger partial charge in [-0.25, -0.2) is 4.98 Å². The Labute approximate surface area is 129 Å². The molecular weight excluding hydrogens is 284 g/mol. The minimum absolute atomic E-state index is 0.00294. The van der Waals surface area contributed by atoms with Gasteiger partial charge in [0.25, 0.3) is 5.91 Å². The van der Waals surface area contributed by atoms with Crippen LogP contribution in [0, 0.1) is 0 Å². The van der Waals surface area contributed by atoms with Gasteiger partial charge in [0.2, 0.25) is 0 Å². The number of furan rings is 1. The molecule has 0 aliphatic heterocycles. The number of nitrogens with zero attached hydrogens (tertiary/aromatic N) is 1. The molecule has 0 spiro atoms. The molecule has 0 aromatic carbocycles. The normalized spacial score (nSPS) is 13.7. The number of pyridine rings is 1. The van der Waals surface area contributed by atoms with Crippen molar-refractivity contribution in [2.75, 3.05) is 6.54 Å². The van der Waals surface area contributed by atoms with Crippen LogP contribution in [0.3, 0.4) is 0 Å². The topological polar surface area (TPSA) is 84.6 Å². The molecule has 0 fully saturated rings. The quantitative estimate of drug-likeness (QED) is 0.853. The number of rotatable bonds is 6. The summed E-state index contributed by atoms with van der Waals surface area (Å²) in [5, 5.41) is 13.0. The van der Waals surface area contributed by atoms with Crippen molar-refractivity contribution >= 4 is 5.91 Å². The van der Waals surface area contributed by atoms with Gasteiger partial charge >= 0.3 is 0 Å². The number of nitrogens with one attached hydrogen (secondary N) is 1. The van der Waals surface area contributed by atoms with E-state index >= 15 is 0 Å². The molecule has 2 aromatic heterocycles.